The van der Waals surface area contributed by atoms with Gasteiger partial charge in [-0.1, -0.05) is 12.2 Å². The van der Waals surface area contributed by atoms with Gasteiger partial charge in [0.25, 0.3) is 0 Å². The Labute approximate surface area is 148 Å². The minimum absolute atomic E-state index is 0.0927. The summed E-state index contributed by atoms with van der Waals surface area (Å²) in [5.74, 6) is -1.82. The molecule has 4 atom stereocenters. The van der Waals surface area contributed by atoms with E-state index >= 15 is 0 Å². The molecule has 26 heavy (non-hydrogen) atoms. The molecular weight excluding hydrogens is 342 g/mol. The second kappa shape index (κ2) is 6.19. The Morgan fingerprint density at radius 3 is 2.50 bits per heavy atom. The van der Waals surface area contributed by atoms with E-state index in [-0.39, 0.29) is 60.2 Å². The second-order valence-electron chi connectivity index (χ2n) is 6.84. The van der Waals surface area contributed by atoms with Crippen LogP contribution < -0.4 is 11.1 Å². The summed E-state index contributed by atoms with van der Waals surface area (Å²) in [4.78, 5) is 30.3. The maximum atomic E-state index is 13.6. The Balaban J connectivity index is 1.37. The number of carbonyl (C=O) groups excluding carboxylic acids is 2. The number of hydrogen-bond acceptors (Lipinski definition) is 3. The number of likely N-dealkylation sites (tertiary alicyclic amines) is 1. The van der Waals surface area contributed by atoms with E-state index in [0.29, 0.717) is 0 Å². The number of nitrogens with one attached hydrogen (secondary N) is 1. The Hall–Kier alpha value is -2.77. The zero-order valence-electron chi connectivity index (χ0n) is 13.9. The van der Waals surface area contributed by atoms with Crippen LogP contribution in [-0.4, -0.2) is 35.8 Å². The normalized spacial score (nSPS) is 29.6. The van der Waals surface area contributed by atoms with E-state index in [1.807, 2.05) is 12.2 Å². The van der Waals surface area contributed by atoms with E-state index in [4.69, 9.17) is 5.73 Å². The molecule has 1 aromatic carbocycles. The number of nitrogens with two attached hydrogens (primary N) is 1. The van der Waals surface area contributed by atoms with E-state index in [0.717, 1.165) is 24.6 Å². The minimum Gasteiger partial charge on any atom is -0.370 e. The van der Waals surface area contributed by atoms with Gasteiger partial charge >= 0.3 is 0 Å². The standard InChI is InChI=1S/C18H18F2N4O2/c19-11-3-4-12(20)13(8-11)23-18(21)22-5-6-24-16(25)14-9-1-2-10(7-9)15(14)17(24)26/h1-4,8-10,14-15H,5-7H2,(H3,21,22,23). The first kappa shape index (κ1) is 16.7. The van der Waals surface area contributed by atoms with Gasteiger partial charge in [-0.15, -0.1) is 0 Å². The number of guanidine groups is 1. The monoisotopic (exact) mass is 360 g/mol. The van der Waals surface area contributed by atoms with Crippen LogP contribution >= 0.6 is 0 Å². The van der Waals surface area contributed by atoms with Crippen molar-refractivity contribution in [2.75, 3.05) is 18.4 Å². The van der Waals surface area contributed by atoms with Crippen LogP contribution in [0.5, 0.6) is 0 Å². The summed E-state index contributed by atoms with van der Waals surface area (Å²) in [5.41, 5.74) is 5.55. The highest BCUT2D eigenvalue weighted by atomic mass is 19.1. The van der Waals surface area contributed by atoms with Crippen molar-refractivity contribution in [1.82, 2.24) is 4.90 Å². The van der Waals surface area contributed by atoms with Gasteiger partial charge in [0.15, 0.2) is 5.96 Å². The lowest BCUT2D eigenvalue weighted by Gasteiger charge is -2.16. The van der Waals surface area contributed by atoms with Crippen molar-refractivity contribution in [1.29, 1.82) is 0 Å². The van der Waals surface area contributed by atoms with Crippen LogP contribution in [0.4, 0.5) is 14.5 Å². The molecule has 3 aliphatic rings. The van der Waals surface area contributed by atoms with Gasteiger partial charge in [-0.3, -0.25) is 19.5 Å². The maximum absolute atomic E-state index is 13.6. The first-order valence-corrected chi connectivity index (χ1v) is 8.51. The third-order valence-electron chi connectivity index (χ3n) is 5.36. The Morgan fingerprint density at radius 2 is 1.85 bits per heavy atom. The van der Waals surface area contributed by atoms with E-state index in [2.05, 4.69) is 10.3 Å². The Bertz CT molecular complexity index is 808. The molecule has 0 aromatic heterocycles. The highest BCUT2D eigenvalue weighted by Crippen LogP contribution is 2.52. The van der Waals surface area contributed by atoms with Gasteiger partial charge in [-0.25, -0.2) is 8.78 Å². The molecule has 8 heteroatoms. The molecule has 1 saturated heterocycles. The highest BCUT2D eigenvalue weighted by molar-refractivity contribution is 6.06. The van der Waals surface area contributed by atoms with Crippen LogP contribution in [-0.2, 0) is 9.59 Å². The lowest BCUT2D eigenvalue weighted by molar-refractivity contribution is -0.140. The molecule has 1 heterocycles. The number of rotatable bonds is 4. The first-order chi connectivity index (χ1) is 12.5. The van der Waals surface area contributed by atoms with Crippen LogP contribution in [0.25, 0.3) is 0 Å². The fourth-order valence-corrected chi connectivity index (χ4v) is 4.23. The topological polar surface area (TPSA) is 87.8 Å². The zero-order valence-corrected chi connectivity index (χ0v) is 13.9. The number of carbonyl (C=O) groups is 2. The quantitative estimate of drug-likeness (QED) is 0.369. The van der Waals surface area contributed by atoms with Gasteiger partial charge in [0, 0.05) is 12.6 Å². The molecule has 2 amide bonds. The minimum atomic E-state index is -0.662. The zero-order chi connectivity index (χ0) is 18.4. The van der Waals surface area contributed by atoms with Crippen molar-refractivity contribution in [3.63, 3.8) is 0 Å². The van der Waals surface area contributed by atoms with Crippen molar-refractivity contribution in [3.05, 3.63) is 42.0 Å². The lowest BCUT2D eigenvalue weighted by atomic mass is 9.85. The van der Waals surface area contributed by atoms with Gasteiger partial charge < -0.3 is 11.1 Å². The number of hydrogen-bond donors (Lipinski definition) is 2. The van der Waals surface area contributed by atoms with Crippen LogP contribution in [0.2, 0.25) is 0 Å². The third-order valence-corrected chi connectivity index (χ3v) is 5.36. The first-order valence-electron chi connectivity index (χ1n) is 8.51. The number of nitrogens with zero attached hydrogens (tertiary/aromatic N) is 2. The third kappa shape index (κ3) is 2.65. The number of aliphatic imine (C=N–C) groups is 1. The van der Waals surface area contributed by atoms with Crippen molar-refractivity contribution in [2.45, 2.75) is 6.42 Å². The summed E-state index contributed by atoms with van der Waals surface area (Å²) < 4.78 is 26.7. The van der Waals surface area contributed by atoms with Crippen LogP contribution in [0.3, 0.4) is 0 Å². The average molecular weight is 360 g/mol. The SMILES string of the molecule is NC(=NCCN1C(=O)C2C3C=CC(C3)C2C1=O)Nc1cc(F)ccc1F. The maximum Gasteiger partial charge on any atom is 0.233 e. The van der Waals surface area contributed by atoms with Crippen molar-refractivity contribution >= 4 is 23.5 Å². The molecule has 6 nitrogen and oxygen atoms in total. The van der Waals surface area contributed by atoms with E-state index in [1.54, 1.807) is 0 Å². The number of allylic oxidation sites excluding steroid dienone is 2. The number of benzene rings is 1. The van der Waals surface area contributed by atoms with Gasteiger partial charge in [0.05, 0.1) is 24.1 Å². The lowest BCUT2D eigenvalue weighted by Crippen LogP contribution is -2.35. The summed E-state index contributed by atoms with van der Waals surface area (Å²) in [6.07, 6.45) is 4.96. The molecule has 3 N–H and O–H groups in total. The van der Waals surface area contributed by atoms with Crippen molar-refractivity contribution in [2.24, 2.45) is 34.4 Å². The molecule has 0 radical (unpaired) electrons. The molecule has 1 saturated carbocycles. The average Bonchev–Trinajstić information content (AvgIpc) is 3.27. The van der Waals surface area contributed by atoms with Gasteiger partial charge in [-0.2, -0.15) is 0 Å². The highest BCUT2D eigenvalue weighted by Gasteiger charge is 2.58. The fourth-order valence-electron chi connectivity index (χ4n) is 4.23. The summed E-state index contributed by atoms with van der Waals surface area (Å²) in [7, 11) is 0. The molecular formula is C18H18F2N4O2. The Morgan fingerprint density at radius 1 is 1.19 bits per heavy atom. The summed E-state index contributed by atoms with van der Waals surface area (Å²) in [6, 6.07) is 2.94. The van der Waals surface area contributed by atoms with Crippen LogP contribution in [0.1, 0.15) is 6.42 Å². The fraction of sp³-hybridized carbons (Fsp3) is 0.389. The predicted molar refractivity (Wildman–Crippen MR) is 90.9 cm³/mol. The van der Waals surface area contributed by atoms with Gasteiger partial charge in [-0.05, 0) is 30.4 Å². The molecule has 4 unspecified atom stereocenters. The molecule has 2 bridgehead atoms. The summed E-state index contributed by atoms with van der Waals surface area (Å²) in [6.45, 7) is 0.216. The number of amides is 2. The Kier molecular flexibility index (Phi) is 3.97. The number of imide groups is 1. The second-order valence-corrected chi connectivity index (χ2v) is 6.84. The summed E-state index contributed by atoms with van der Waals surface area (Å²) in [5, 5.41) is 2.48. The summed E-state index contributed by atoms with van der Waals surface area (Å²) >= 11 is 0. The number of anilines is 1. The molecule has 2 fully saturated rings. The van der Waals surface area contributed by atoms with Crippen LogP contribution in [0, 0.1) is 35.3 Å². The molecule has 1 aliphatic heterocycles. The van der Waals surface area contributed by atoms with E-state index in [1.165, 1.54) is 4.90 Å². The van der Waals surface area contributed by atoms with Gasteiger partial charge in [0.1, 0.15) is 11.6 Å². The van der Waals surface area contributed by atoms with Crippen LogP contribution in [0.15, 0.2) is 35.3 Å². The van der Waals surface area contributed by atoms with Gasteiger partial charge in [0.2, 0.25) is 11.8 Å². The van der Waals surface area contributed by atoms with E-state index < -0.39 is 11.6 Å². The predicted octanol–water partition coefficient (Wildman–Crippen LogP) is 1.50. The molecule has 1 aromatic rings. The van der Waals surface area contributed by atoms with E-state index in [9.17, 15) is 18.4 Å². The molecule has 0 spiro atoms. The number of fused-ring (bicyclic) bond motifs is 5. The largest absolute Gasteiger partial charge is 0.370 e. The smallest absolute Gasteiger partial charge is 0.233 e. The molecule has 136 valence electrons. The van der Waals surface area contributed by atoms with Crippen molar-refractivity contribution in [3.8, 4) is 0 Å². The van der Waals surface area contributed by atoms with Crippen molar-refractivity contribution < 1.29 is 18.4 Å². The number of halogens is 2. The molecule has 2 aliphatic carbocycles. The molecule has 4 rings (SSSR count).